The summed E-state index contributed by atoms with van der Waals surface area (Å²) in [5.74, 6) is 0.293. The Hall–Kier alpha value is -0.720. The van der Waals surface area contributed by atoms with Crippen LogP contribution in [0.25, 0.3) is 0 Å². The first-order chi connectivity index (χ1) is 8.45. The summed E-state index contributed by atoms with van der Waals surface area (Å²) in [5.41, 5.74) is 0.822. The van der Waals surface area contributed by atoms with Crippen molar-refractivity contribution in [2.24, 2.45) is 5.92 Å². The molecule has 0 aliphatic carbocycles. The molecule has 1 aliphatic rings. The van der Waals surface area contributed by atoms with E-state index in [1.54, 1.807) is 10.5 Å². The molecule has 1 aliphatic heterocycles. The Morgan fingerprint density at radius 1 is 1.50 bits per heavy atom. The van der Waals surface area contributed by atoms with E-state index in [1.165, 1.54) is 12.5 Å². The van der Waals surface area contributed by atoms with Gasteiger partial charge in [0, 0.05) is 19.3 Å². The van der Waals surface area contributed by atoms with Gasteiger partial charge in [0.15, 0.2) is 0 Å². The normalized spacial score (nSPS) is 22.0. The van der Waals surface area contributed by atoms with Gasteiger partial charge in [-0.3, -0.25) is 4.98 Å². The summed E-state index contributed by atoms with van der Waals surface area (Å²) < 4.78 is 24.6. The van der Waals surface area contributed by atoms with E-state index in [4.69, 9.17) is 11.6 Å². The van der Waals surface area contributed by atoms with Crippen molar-refractivity contribution in [2.75, 3.05) is 19.3 Å². The average molecular weight is 290 g/mol. The number of piperidine rings is 1. The van der Waals surface area contributed by atoms with Crippen molar-refractivity contribution in [1.82, 2.24) is 14.3 Å². The second-order valence-corrected chi connectivity index (χ2v) is 7.04. The lowest BCUT2D eigenvalue weighted by Crippen LogP contribution is -2.39. The monoisotopic (exact) mass is 289 g/mol. The Bertz CT molecular complexity index is 521. The standard InChI is InChI=1S/C11H16ClN3O2S/c1-18(16,17)15-4-2-3-9(8-15)5-10-6-13-7-11(12)14-10/h6-7,9H,2-5,8H2,1H3/t9-/m1/s1. The quantitative estimate of drug-likeness (QED) is 0.842. The molecule has 0 spiro atoms. The van der Waals surface area contributed by atoms with E-state index < -0.39 is 10.0 Å². The average Bonchev–Trinajstić information content (AvgIpc) is 2.28. The van der Waals surface area contributed by atoms with Crippen molar-refractivity contribution in [3.8, 4) is 0 Å². The molecule has 1 aromatic heterocycles. The highest BCUT2D eigenvalue weighted by atomic mass is 35.5. The van der Waals surface area contributed by atoms with Crippen molar-refractivity contribution in [3.05, 3.63) is 23.2 Å². The van der Waals surface area contributed by atoms with Crippen LogP contribution in [-0.4, -0.2) is 42.0 Å². The Labute approximate surface area is 112 Å². The summed E-state index contributed by atoms with van der Waals surface area (Å²) in [6, 6.07) is 0. The maximum absolute atomic E-state index is 11.5. The molecular weight excluding hydrogens is 274 g/mol. The summed E-state index contributed by atoms with van der Waals surface area (Å²) >= 11 is 5.78. The maximum Gasteiger partial charge on any atom is 0.211 e. The van der Waals surface area contributed by atoms with Gasteiger partial charge in [-0.1, -0.05) is 11.6 Å². The molecule has 0 radical (unpaired) electrons. The summed E-state index contributed by atoms with van der Waals surface area (Å²) in [6.45, 7) is 1.18. The number of sulfonamides is 1. The topological polar surface area (TPSA) is 63.2 Å². The third kappa shape index (κ3) is 3.63. The van der Waals surface area contributed by atoms with Crippen LogP contribution in [0.1, 0.15) is 18.5 Å². The largest absolute Gasteiger partial charge is 0.260 e. The Kier molecular flexibility index (Phi) is 4.19. The fourth-order valence-corrected chi connectivity index (χ4v) is 3.38. The molecule has 1 fully saturated rings. The molecule has 0 unspecified atom stereocenters. The van der Waals surface area contributed by atoms with Gasteiger partial charge in [-0.2, -0.15) is 0 Å². The van der Waals surface area contributed by atoms with Gasteiger partial charge in [0.25, 0.3) is 0 Å². The van der Waals surface area contributed by atoms with Gasteiger partial charge in [0.1, 0.15) is 5.15 Å². The molecule has 0 bridgehead atoms. The number of hydrogen-bond donors (Lipinski definition) is 0. The lowest BCUT2D eigenvalue weighted by Gasteiger charge is -2.30. The first kappa shape index (κ1) is 13.7. The van der Waals surface area contributed by atoms with E-state index in [2.05, 4.69) is 9.97 Å². The summed E-state index contributed by atoms with van der Waals surface area (Å²) in [4.78, 5) is 8.18. The summed E-state index contributed by atoms with van der Waals surface area (Å²) in [5, 5.41) is 0.378. The molecule has 1 atom stereocenters. The third-order valence-electron chi connectivity index (χ3n) is 3.10. The van der Waals surface area contributed by atoms with Gasteiger partial charge in [-0.05, 0) is 25.2 Å². The minimum Gasteiger partial charge on any atom is -0.260 e. The number of rotatable bonds is 3. The second-order valence-electron chi connectivity index (χ2n) is 4.67. The maximum atomic E-state index is 11.5. The van der Waals surface area contributed by atoms with Crippen molar-refractivity contribution >= 4 is 21.6 Å². The molecule has 1 saturated heterocycles. The molecular formula is C11H16ClN3O2S. The van der Waals surface area contributed by atoms with Crippen LogP contribution in [0.15, 0.2) is 12.4 Å². The first-order valence-electron chi connectivity index (χ1n) is 5.86. The van der Waals surface area contributed by atoms with E-state index in [0.29, 0.717) is 24.2 Å². The number of nitrogens with zero attached hydrogens (tertiary/aromatic N) is 3. The van der Waals surface area contributed by atoms with E-state index >= 15 is 0 Å². The third-order valence-corrected chi connectivity index (χ3v) is 4.56. The molecule has 7 heteroatoms. The highest BCUT2D eigenvalue weighted by molar-refractivity contribution is 7.88. The second kappa shape index (κ2) is 5.50. The van der Waals surface area contributed by atoms with Crippen LogP contribution < -0.4 is 0 Å². The molecule has 2 rings (SSSR count). The van der Waals surface area contributed by atoms with Crippen LogP contribution >= 0.6 is 11.6 Å². The first-order valence-corrected chi connectivity index (χ1v) is 8.09. The van der Waals surface area contributed by atoms with Gasteiger partial charge < -0.3 is 0 Å². The molecule has 0 saturated carbocycles. The lowest BCUT2D eigenvalue weighted by atomic mass is 9.95. The molecule has 18 heavy (non-hydrogen) atoms. The van der Waals surface area contributed by atoms with Crippen molar-refractivity contribution in [3.63, 3.8) is 0 Å². The van der Waals surface area contributed by atoms with E-state index in [1.807, 2.05) is 0 Å². The molecule has 100 valence electrons. The fourth-order valence-electron chi connectivity index (χ4n) is 2.27. The lowest BCUT2D eigenvalue weighted by molar-refractivity contribution is 0.265. The Morgan fingerprint density at radius 2 is 2.28 bits per heavy atom. The summed E-state index contributed by atoms with van der Waals surface area (Å²) in [6.07, 6.45) is 7.07. The van der Waals surface area contributed by atoms with Gasteiger partial charge in [0.05, 0.1) is 18.1 Å². The predicted octanol–water partition coefficient (Wildman–Crippen LogP) is 1.34. The number of hydrogen-bond acceptors (Lipinski definition) is 4. The Morgan fingerprint density at radius 3 is 2.94 bits per heavy atom. The van der Waals surface area contributed by atoms with Crippen LogP contribution in [0, 0.1) is 5.92 Å². The number of halogens is 1. The van der Waals surface area contributed by atoms with Gasteiger partial charge in [-0.15, -0.1) is 0 Å². The minimum atomic E-state index is -3.09. The molecule has 0 N–H and O–H groups in total. The Balaban J connectivity index is 2.02. The summed E-state index contributed by atoms with van der Waals surface area (Å²) in [7, 11) is -3.09. The minimum absolute atomic E-state index is 0.293. The van der Waals surface area contributed by atoms with Crippen molar-refractivity contribution in [1.29, 1.82) is 0 Å². The zero-order valence-corrected chi connectivity index (χ0v) is 11.8. The molecule has 0 amide bonds. The van der Waals surface area contributed by atoms with Crippen LogP contribution in [-0.2, 0) is 16.4 Å². The number of aromatic nitrogens is 2. The molecule has 2 heterocycles. The van der Waals surface area contributed by atoms with Crippen LogP contribution in [0.5, 0.6) is 0 Å². The smallest absolute Gasteiger partial charge is 0.211 e. The van der Waals surface area contributed by atoms with Crippen molar-refractivity contribution < 1.29 is 8.42 Å². The van der Waals surface area contributed by atoms with Gasteiger partial charge in [-0.25, -0.2) is 17.7 Å². The SMILES string of the molecule is CS(=O)(=O)N1CCC[C@H](Cc2cncc(Cl)n2)C1. The van der Waals surface area contributed by atoms with E-state index in [0.717, 1.165) is 25.0 Å². The molecule has 5 nitrogen and oxygen atoms in total. The highest BCUT2D eigenvalue weighted by Gasteiger charge is 2.26. The van der Waals surface area contributed by atoms with Crippen LogP contribution in [0.4, 0.5) is 0 Å². The van der Waals surface area contributed by atoms with Crippen molar-refractivity contribution in [2.45, 2.75) is 19.3 Å². The highest BCUT2D eigenvalue weighted by Crippen LogP contribution is 2.21. The molecule has 1 aromatic rings. The van der Waals surface area contributed by atoms with E-state index in [9.17, 15) is 8.42 Å². The van der Waals surface area contributed by atoms with Gasteiger partial charge >= 0.3 is 0 Å². The van der Waals surface area contributed by atoms with Crippen LogP contribution in [0.2, 0.25) is 5.15 Å². The van der Waals surface area contributed by atoms with E-state index in [-0.39, 0.29) is 0 Å². The van der Waals surface area contributed by atoms with Gasteiger partial charge in [0.2, 0.25) is 10.0 Å². The zero-order valence-electron chi connectivity index (χ0n) is 10.2. The fraction of sp³-hybridized carbons (Fsp3) is 0.636. The zero-order chi connectivity index (χ0) is 13.2. The predicted molar refractivity (Wildman–Crippen MR) is 69.9 cm³/mol. The van der Waals surface area contributed by atoms with Crippen LogP contribution in [0.3, 0.4) is 0 Å². The molecule has 0 aromatic carbocycles.